The number of aromatic nitrogens is 1. The molecule has 0 spiro atoms. The molecule has 2 heterocycles. The molecular weight excluding hydrogens is 542 g/mol. The molecule has 2 bridgehead atoms. The number of hydrogen-bond acceptors (Lipinski definition) is 8. The number of hydrogen-bond donors (Lipinski definition) is 5. The number of carbonyl (C=O) groups is 5. The van der Waals surface area contributed by atoms with E-state index in [0.29, 0.717) is 18.4 Å². The van der Waals surface area contributed by atoms with Crippen LogP contribution in [0.3, 0.4) is 0 Å². The summed E-state index contributed by atoms with van der Waals surface area (Å²) >= 11 is 0. The number of ketones is 1. The molecule has 4 amide bonds. The topological polar surface area (TPSA) is 171 Å². The summed E-state index contributed by atoms with van der Waals surface area (Å²) in [6, 6.07) is 1.80. The number of piperidine rings is 1. The Morgan fingerprint density at radius 3 is 2.60 bits per heavy atom. The number of Topliss-reactive ketones (excluding diaryl/α,β-unsaturated/α-hetero) is 1. The molecule has 1 saturated carbocycles. The number of nitrogens with zero attached hydrogens (tertiary/aromatic N) is 2. The van der Waals surface area contributed by atoms with Crippen LogP contribution in [-0.2, 0) is 30.5 Å². The van der Waals surface area contributed by atoms with E-state index in [2.05, 4.69) is 31.5 Å². The van der Waals surface area contributed by atoms with Crippen LogP contribution in [0.2, 0.25) is 0 Å². The molecule has 1 aromatic rings. The van der Waals surface area contributed by atoms with Gasteiger partial charge in [-0.05, 0) is 69.7 Å². The summed E-state index contributed by atoms with van der Waals surface area (Å²) in [6.45, 7) is 3.88. The van der Waals surface area contributed by atoms with E-state index < -0.39 is 35.1 Å². The number of carbonyl (C=O) groups excluding carboxylic acids is 5. The lowest BCUT2D eigenvalue weighted by atomic mass is 9.76. The molecular formula is C29H45N7O6. The van der Waals surface area contributed by atoms with Crippen molar-refractivity contribution < 1.29 is 24.0 Å². The van der Waals surface area contributed by atoms with Gasteiger partial charge in [0, 0.05) is 39.2 Å². The van der Waals surface area contributed by atoms with Gasteiger partial charge in [-0.3, -0.25) is 33.7 Å². The van der Waals surface area contributed by atoms with Crippen molar-refractivity contribution in [3.63, 3.8) is 0 Å². The van der Waals surface area contributed by atoms with Crippen molar-refractivity contribution >= 4 is 35.1 Å². The Hall–Kier alpha value is -3.58. The molecule has 5 N–H and O–H groups in total. The SMILES string of the molecule is CCCNCCC(=O)N[C@@H](CCC(=O)C(=O)NC)C(=O)Nc1cccn(CC(=O)NC2C3CCCC(C3)CN2C)c1=O. The number of pyridine rings is 1. The van der Waals surface area contributed by atoms with Crippen LogP contribution in [-0.4, -0.2) is 84.8 Å². The second kappa shape index (κ2) is 16.2. The van der Waals surface area contributed by atoms with E-state index >= 15 is 0 Å². The molecule has 3 rings (SSSR count). The minimum Gasteiger partial charge on any atom is -0.353 e. The molecule has 1 aromatic heterocycles. The Kier molecular flexibility index (Phi) is 12.7. The highest BCUT2D eigenvalue weighted by molar-refractivity contribution is 6.36. The van der Waals surface area contributed by atoms with E-state index in [9.17, 15) is 28.8 Å². The number of amides is 4. The van der Waals surface area contributed by atoms with E-state index in [1.807, 2.05) is 14.0 Å². The highest BCUT2D eigenvalue weighted by Crippen LogP contribution is 2.36. The lowest BCUT2D eigenvalue weighted by Crippen LogP contribution is -2.57. The van der Waals surface area contributed by atoms with Crippen LogP contribution in [0.4, 0.5) is 5.69 Å². The van der Waals surface area contributed by atoms with Crippen molar-refractivity contribution in [1.29, 1.82) is 0 Å². The van der Waals surface area contributed by atoms with E-state index in [1.165, 1.54) is 30.3 Å². The van der Waals surface area contributed by atoms with E-state index in [-0.39, 0.29) is 43.6 Å². The molecule has 42 heavy (non-hydrogen) atoms. The third-order valence-electron chi connectivity index (χ3n) is 7.94. The first-order valence-corrected chi connectivity index (χ1v) is 14.9. The fraction of sp³-hybridized carbons (Fsp3) is 0.655. The average Bonchev–Trinajstić information content (AvgIpc) is 2.97. The molecule has 2 fully saturated rings. The molecule has 232 valence electrons. The maximum absolute atomic E-state index is 13.2. The smallest absolute Gasteiger partial charge is 0.287 e. The Labute approximate surface area is 246 Å². The van der Waals surface area contributed by atoms with Crippen molar-refractivity contribution in [1.82, 2.24) is 30.7 Å². The molecule has 1 saturated heterocycles. The summed E-state index contributed by atoms with van der Waals surface area (Å²) in [4.78, 5) is 77.7. The number of anilines is 1. The lowest BCUT2D eigenvalue weighted by molar-refractivity contribution is -0.138. The quantitative estimate of drug-likeness (QED) is 0.140. The van der Waals surface area contributed by atoms with E-state index in [1.54, 1.807) is 6.07 Å². The van der Waals surface area contributed by atoms with Gasteiger partial charge in [0.2, 0.25) is 23.5 Å². The molecule has 0 radical (unpaired) electrons. The number of likely N-dealkylation sites (tertiary alicyclic amines) is 1. The Morgan fingerprint density at radius 1 is 1.07 bits per heavy atom. The normalized spacial score (nSPS) is 20.7. The third-order valence-corrected chi connectivity index (χ3v) is 7.94. The highest BCUT2D eigenvalue weighted by atomic mass is 16.2. The van der Waals surface area contributed by atoms with Gasteiger partial charge in [0.1, 0.15) is 18.3 Å². The van der Waals surface area contributed by atoms with Crippen molar-refractivity contribution in [2.75, 3.05) is 39.0 Å². The number of rotatable bonds is 15. The zero-order chi connectivity index (χ0) is 30.6. The largest absolute Gasteiger partial charge is 0.353 e. The summed E-state index contributed by atoms with van der Waals surface area (Å²) in [5.41, 5.74) is -0.646. The Bertz CT molecular complexity index is 1180. The average molecular weight is 588 g/mol. The summed E-state index contributed by atoms with van der Waals surface area (Å²) in [6.07, 6.45) is 6.55. The number of fused-ring (bicyclic) bond motifs is 2. The van der Waals surface area contributed by atoms with Crippen molar-refractivity contribution in [3.05, 3.63) is 28.7 Å². The Morgan fingerprint density at radius 2 is 1.86 bits per heavy atom. The Balaban J connectivity index is 1.65. The van der Waals surface area contributed by atoms with Gasteiger partial charge in [0.25, 0.3) is 11.5 Å². The standard InChI is InChI=1S/C29H45N7O6/c1-4-13-31-14-12-24(38)32-21(10-11-23(37)28(41)30-2)27(40)33-22-9-6-15-36(29(22)42)18-25(39)34-26-20-8-5-7-19(16-20)17-35(26)3/h6,9,15,19-21,26,31H,4-5,7-8,10-14,16-18H2,1-3H3,(H,30,41)(H,32,38)(H,33,40)(H,34,39)/t19?,20?,21-,26?/m0/s1. The third kappa shape index (κ3) is 9.48. The molecule has 1 aliphatic heterocycles. The molecule has 0 aromatic carbocycles. The second-order valence-electron chi connectivity index (χ2n) is 11.2. The number of nitrogens with one attached hydrogen (secondary N) is 5. The fourth-order valence-corrected chi connectivity index (χ4v) is 5.80. The molecule has 4 atom stereocenters. The van der Waals surface area contributed by atoms with Gasteiger partial charge in [0.15, 0.2) is 0 Å². The van der Waals surface area contributed by atoms with Crippen LogP contribution in [0.25, 0.3) is 0 Å². The van der Waals surface area contributed by atoms with Crippen LogP contribution >= 0.6 is 0 Å². The van der Waals surface area contributed by atoms with E-state index in [0.717, 1.165) is 38.8 Å². The lowest BCUT2D eigenvalue weighted by Gasteiger charge is -2.46. The summed E-state index contributed by atoms with van der Waals surface area (Å²) in [5.74, 6) is -1.88. The molecule has 13 nitrogen and oxygen atoms in total. The van der Waals surface area contributed by atoms with Crippen LogP contribution in [0.5, 0.6) is 0 Å². The van der Waals surface area contributed by atoms with Gasteiger partial charge >= 0.3 is 0 Å². The van der Waals surface area contributed by atoms with Gasteiger partial charge in [-0.1, -0.05) is 13.3 Å². The minimum atomic E-state index is -1.16. The number of likely N-dealkylation sites (N-methyl/N-ethyl adjacent to an activating group) is 1. The van der Waals surface area contributed by atoms with Gasteiger partial charge < -0.3 is 31.2 Å². The molecule has 1 aliphatic carbocycles. The van der Waals surface area contributed by atoms with Crippen molar-refractivity contribution in [2.24, 2.45) is 11.8 Å². The predicted molar refractivity (Wildman–Crippen MR) is 157 cm³/mol. The maximum atomic E-state index is 13.2. The van der Waals surface area contributed by atoms with Crippen LogP contribution < -0.4 is 32.1 Å². The van der Waals surface area contributed by atoms with Gasteiger partial charge in [-0.2, -0.15) is 0 Å². The zero-order valence-corrected chi connectivity index (χ0v) is 24.9. The monoisotopic (exact) mass is 587 g/mol. The maximum Gasteiger partial charge on any atom is 0.287 e. The van der Waals surface area contributed by atoms with Gasteiger partial charge in [-0.15, -0.1) is 0 Å². The van der Waals surface area contributed by atoms with Crippen molar-refractivity contribution in [2.45, 2.75) is 77.0 Å². The molecule has 3 unspecified atom stereocenters. The first-order valence-electron chi connectivity index (χ1n) is 14.9. The first kappa shape index (κ1) is 32.9. The molecule has 13 heteroatoms. The van der Waals surface area contributed by atoms with Gasteiger partial charge in [0.05, 0.1) is 6.17 Å². The van der Waals surface area contributed by atoms with Gasteiger partial charge in [-0.25, -0.2) is 0 Å². The van der Waals surface area contributed by atoms with Crippen LogP contribution in [0.15, 0.2) is 23.1 Å². The fourth-order valence-electron chi connectivity index (χ4n) is 5.80. The first-order chi connectivity index (χ1) is 20.1. The summed E-state index contributed by atoms with van der Waals surface area (Å²) in [7, 11) is 3.34. The summed E-state index contributed by atoms with van der Waals surface area (Å²) < 4.78 is 1.22. The van der Waals surface area contributed by atoms with Crippen molar-refractivity contribution in [3.8, 4) is 0 Å². The highest BCUT2D eigenvalue weighted by Gasteiger charge is 2.37. The second-order valence-corrected chi connectivity index (χ2v) is 11.2. The van der Waals surface area contributed by atoms with Crippen LogP contribution in [0.1, 0.15) is 58.3 Å². The van der Waals surface area contributed by atoms with Crippen LogP contribution in [0, 0.1) is 11.8 Å². The minimum absolute atomic E-state index is 0.0679. The summed E-state index contributed by atoms with van der Waals surface area (Å²) in [5, 5.41) is 13.6. The zero-order valence-electron chi connectivity index (χ0n) is 24.9. The van der Waals surface area contributed by atoms with E-state index in [4.69, 9.17) is 0 Å². The predicted octanol–water partition coefficient (Wildman–Crippen LogP) is -0.0493. The molecule has 2 aliphatic rings.